The van der Waals surface area contributed by atoms with Crippen LogP contribution in [0.4, 0.5) is 0 Å². The summed E-state index contributed by atoms with van der Waals surface area (Å²) in [6.07, 6.45) is 0. The van der Waals surface area contributed by atoms with E-state index in [9.17, 15) is 0 Å². The monoisotopic (exact) mass is 297 g/mol. The van der Waals surface area contributed by atoms with E-state index in [4.69, 9.17) is 10.00 Å². The van der Waals surface area contributed by atoms with Gasteiger partial charge in [0, 0.05) is 6.92 Å². The molecule has 2 aromatic rings. The molecule has 0 aliphatic carbocycles. The van der Waals surface area contributed by atoms with Crippen molar-refractivity contribution in [3.63, 3.8) is 0 Å². The minimum absolute atomic E-state index is 0.629. The molecule has 0 unspecified atom stereocenters. The molecule has 107 valence electrons. The van der Waals surface area contributed by atoms with E-state index < -0.39 is 0 Å². The van der Waals surface area contributed by atoms with Gasteiger partial charge in [0.25, 0.3) is 0 Å². The van der Waals surface area contributed by atoms with Crippen LogP contribution in [0.1, 0.15) is 18.1 Å². The fourth-order valence-corrected chi connectivity index (χ4v) is 1.38. The molecule has 0 aliphatic heterocycles. The zero-order chi connectivity index (χ0) is 15.9. The van der Waals surface area contributed by atoms with Crippen molar-refractivity contribution < 1.29 is 4.74 Å². The molecular formula is C16H18BN2OS. The van der Waals surface area contributed by atoms with Crippen molar-refractivity contribution in [3.8, 4) is 11.8 Å². The molecule has 0 fully saturated rings. The average molecular weight is 297 g/mol. The molecule has 0 atom stereocenters. The summed E-state index contributed by atoms with van der Waals surface area (Å²) in [4.78, 5) is 0. The quantitative estimate of drug-likeness (QED) is 0.678. The molecule has 0 saturated heterocycles. The van der Waals surface area contributed by atoms with Crippen molar-refractivity contribution in [1.82, 2.24) is 0 Å². The van der Waals surface area contributed by atoms with Crippen molar-refractivity contribution in [3.05, 3.63) is 65.7 Å². The van der Waals surface area contributed by atoms with Crippen molar-refractivity contribution in [1.29, 1.82) is 5.26 Å². The van der Waals surface area contributed by atoms with Gasteiger partial charge < -0.3 is 4.74 Å². The molecule has 0 saturated carbocycles. The standard InChI is InChI=1S/C14H14O.C2H3N.BHNS/c1-12-7-9-14(10-8-12)15-11-13-5-3-2-4-6-13;2*1-2-3/h2-10H,11H2,1H3;1H3;3H. The molecule has 0 bridgehead atoms. The molecule has 0 aromatic heterocycles. The molecule has 21 heavy (non-hydrogen) atoms. The van der Waals surface area contributed by atoms with E-state index in [0.29, 0.717) is 6.61 Å². The summed E-state index contributed by atoms with van der Waals surface area (Å²) in [6, 6.07) is 20.0. The van der Waals surface area contributed by atoms with Gasteiger partial charge in [-0.25, -0.2) is 0 Å². The number of hydrogen-bond donors (Lipinski definition) is 1. The van der Waals surface area contributed by atoms with Crippen LogP contribution in [-0.4, -0.2) is 7.64 Å². The van der Waals surface area contributed by atoms with Crippen LogP contribution in [0, 0.1) is 18.3 Å². The summed E-state index contributed by atoms with van der Waals surface area (Å²) in [5, 5.41) is 7.32. The Balaban J connectivity index is 0.000000578. The topological polar surface area (TPSA) is 45.4 Å². The van der Waals surface area contributed by atoms with Gasteiger partial charge in [-0.1, -0.05) is 48.0 Å². The van der Waals surface area contributed by atoms with Crippen molar-refractivity contribution in [2.75, 3.05) is 0 Å². The Hall–Kier alpha value is -2.06. The Labute approximate surface area is 133 Å². The van der Waals surface area contributed by atoms with E-state index in [-0.39, 0.29) is 0 Å². The first kappa shape index (κ1) is 18.9. The molecule has 1 radical (unpaired) electrons. The number of benzene rings is 2. The molecule has 0 spiro atoms. The zero-order valence-electron chi connectivity index (χ0n) is 12.2. The third-order valence-electron chi connectivity index (χ3n) is 2.27. The van der Waals surface area contributed by atoms with E-state index >= 15 is 0 Å². The second-order valence-electron chi connectivity index (χ2n) is 3.93. The van der Waals surface area contributed by atoms with Crippen LogP contribution in [0.25, 0.3) is 0 Å². The van der Waals surface area contributed by atoms with Crippen molar-refractivity contribution in [2.45, 2.75) is 20.5 Å². The van der Waals surface area contributed by atoms with E-state index in [0.717, 1.165) is 5.75 Å². The number of thiol groups is 1. The van der Waals surface area contributed by atoms with Gasteiger partial charge >= 0.3 is 24.8 Å². The average Bonchev–Trinajstić information content (AvgIpc) is 2.49. The van der Waals surface area contributed by atoms with Gasteiger partial charge in [0.1, 0.15) is 12.4 Å². The molecule has 0 heterocycles. The van der Waals surface area contributed by atoms with Gasteiger partial charge in [-0.05, 0) is 24.6 Å². The first-order valence-electron chi connectivity index (χ1n) is 6.26. The molecule has 5 heteroatoms. The van der Waals surface area contributed by atoms with Gasteiger partial charge in [0.2, 0.25) is 0 Å². The summed E-state index contributed by atoms with van der Waals surface area (Å²) in [5.41, 5.74) is 2.44. The van der Waals surface area contributed by atoms with Gasteiger partial charge in [-0.15, -0.1) is 0 Å². The third kappa shape index (κ3) is 10.4. The second kappa shape index (κ2) is 13.0. The second-order valence-corrected chi connectivity index (χ2v) is 4.16. The SMILES string of the molecule is CC#N.Cc1ccc(OCc2ccccc2)cc1.[B]=NS. The van der Waals surface area contributed by atoms with E-state index in [1.165, 1.54) is 18.1 Å². The number of hydrogen-bond acceptors (Lipinski definition) is 4. The predicted molar refractivity (Wildman–Crippen MR) is 90.4 cm³/mol. The molecule has 2 rings (SSSR count). The Morgan fingerprint density at radius 1 is 1.14 bits per heavy atom. The number of nitriles is 1. The zero-order valence-corrected chi connectivity index (χ0v) is 13.1. The van der Waals surface area contributed by atoms with Crippen LogP contribution in [0.15, 0.2) is 58.9 Å². The van der Waals surface area contributed by atoms with Gasteiger partial charge in [0.05, 0.1) is 6.07 Å². The first-order chi connectivity index (χ1) is 10.2. The van der Waals surface area contributed by atoms with Crippen LogP contribution < -0.4 is 4.74 Å². The number of ether oxygens (including phenoxy) is 1. The normalized spacial score (nSPS) is 8.05. The number of rotatable bonds is 3. The van der Waals surface area contributed by atoms with Crippen LogP contribution in [0.2, 0.25) is 0 Å². The Kier molecular flexibility index (Phi) is 11.7. The molecule has 0 aliphatic rings. The van der Waals surface area contributed by atoms with Gasteiger partial charge in [-0.2, -0.15) is 5.26 Å². The molecule has 0 amide bonds. The molecule has 3 nitrogen and oxygen atoms in total. The maximum atomic E-state index is 7.32. The Morgan fingerprint density at radius 3 is 2.10 bits per heavy atom. The summed E-state index contributed by atoms with van der Waals surface area (Å²) < 4.78 is 8.34. The fraction of sp³-hybridized carbons (Fsp3) is 0.188. The van der Waals surface area contributed by atoms with Crippen LogP contribution in [0.5, 0.6) is 5.75 Å². The molecule has 2 aromatic carbocycles. The summed E-state index contributed by atoms with van der Waals surface area (Å²) >= 11 is 3.19. The molecular weight excluding hydrogens is 279 g/mol. The van der Waals surface area contributed by atoms with Crippen LogP contribution in [0.3, 0.4) is 0 Å². The Bertz CT molecular complexity index is 538. The maximum absolute atomic E-state index is 7.32. The van der Waals surface area contributed by atoms with Crippen molar-refractivity contribution in [2.24, 2.45) is 4.30 Å². The number of nitrogens with zero attached hydrogens (tertiary/aromatic N) is 2. The summed E-state index contributed by atoms with van der Waals surface area (Å²) in [6.45, 7) is 4.13. The molecule has 0 N–H and O–H groups in total. The van der Waals surface area contributed by atoms with Crippen LogP contribution in [-0.2, 0) is 6.61 Å². The van der Waals surface area contributed by atoms with Gasteiger partial charge in [-0.3, -0.25) is 0 Å². The van der Waals surface area contributed by atoms with Crippen molar-refractivity contribution >= 4 is 20.5 Å². The Morgan fingerprint density at radius 2 is 1.62 bits per heavy atom. The first-order valence-corrected chi connectivity index (χ1v) is 6.66. The fourth-order valence-electron chi connectivity index (χ4n) is 1.38. The van der Waals surface area contributed by atoms with Crippen LogP contribution >= 0.6 is 12.8 Å². The van der Waals surface area contributed by atoms with E-state index in [1.54, 1.807) is 6.07 Å². The summed E-state index contributed by atoms with van der Waals surface area (Å²) in [7, 11) is 4.34. The summed E-state index contributed by atoms with van der Waals surface area (Å²) in [5.74, 6) is 0.921. The predicted octanol–water partition coefficient (Wildman–Crippen LogP) is 4.29. The van der Waals surface area contributed by atoms with E-state index in [2.05, 4.69) is 55.9 Å². The minimum atomic E-state index is 0.629. The van der Waals surface area contributed by atoms with E-state index in [1.807, 2.05) is 30.3 Å². The number of aryl methyl sites for hydroxylation is 1. The van der Waals surface area contributed by atoms with Gasteiger partial charge in [0.15, 0.2) is 0 Å². The third-order valence-corrected chi connectivity index (χ3v) is 2.27.